The van der Waals surface area contributed by atoms with Crippen LogP contribution in [0.3, 0.4) is 0 Å². The van der Waals surface area contributed by atoms with Gasteiger partial charge in [0.1, 0.15) is 0 Å². The Morgan fingerprint density at radius 2 is 2.12 bits per heavy atom. The van der Waals surface area contributed by atoms with Gasteiger partial charge in [0, 0.05) is 19.1 Å². The summed E-state index contributed by atoms with van der Waals surface area (Å²) in [5, 5.41) is 0. The molecule has 0 aromatic carbocycles. The van der Waals surface area contributed by atoms with Gasteiger partial charge in [0.15, 0.2) is 0 Å². The third-order valence-electron chi connectivity index (χ3n) is 3.71. The molecule has 0 bridgehead atoms. The van der Waals surface area contributed by atoms with E-state index in [1.54, 1.807) is 0 Å². The fourth-order valence-electron chi connectivity index (χ4n) is 2.72. The molecule has 96 valence electrons. The Bertz CT molecular complexity index is 184. The van der Waals surface area contributed by atoms with E-state index >= 15 is 0 Å². The first kappa shape index (κ1) is 13.9. The van der Waals surface area contributed by atoms with E-state index in [1.165, 1.54) is 45.4 Å². The lowest BCUT2D eigenvalue weighted by molar-refractivity contribution is 0.171. The molecule has 1 heterocycles. The van der Waals surface area contributed by atoms with Crippen LogP contribution < -0.4 is 5.73 Å². The summed E-state index contributed by atoms with van der Waals surface area (Å²) in [6, 6.07) is 0.679. The van der Waals surface area contributed by atoms with Crippen LogP contribution in [0.15, 0.2) is 0 Å². The molecule has 0 radical (unpaired) electrons. The number of hydrogen-bond donors (Lipinski definition) is 1. The average molecular weight is 227 g/mol. The lowest BCUT2D eigenvalue weighted by Gasteiger charge is -2.31. The molecule has 0 saturated carbocycles. The minimum atomic E-state index is 0.679. The molecule has 16 heavy (non-hydrogen) atoms. The van der Waals surface area contributed by atoms with Crippen LogP contribution in [0.4, 0.5) is 0 Å². The molecular formula is C13H29N3. The first-order chi connectivity index (χ1) is 7.67. The molecule has 3 heteroatoms. The van der Waals surface area contributed by atoms with E-state index in [0.717, 1.165) is 6.54 Å². The Kier molecular flexibility index (Phi) is 6.32. The highest BCUT2D eigenvalue weighted by Gasteiger charge is 2.21. The van der Waals surface area contributed by atoms with Crippen molar-refractivity contribution in [1.82, 2.24) is 9.80 Å². The first-order valence-corrected chi connectivity index (χ1v) is 6.80. The van der Waals surface area contributed by atoms with Gasteiger partial charge in [-0.1, -0.05) is 13.3 Å². The summed E-state index contributed by atoms with van der Waals surface area (Å²) in [5.41, 5.74) is 5.85. The average Bonchev–Trinajstić information content (AvgIpc) is 2.40. The van der Waals surface area contributed by atoms with Crippen molar-refractivity contribution in [3.8, 4) is 0 Å². The molecule has 2 atom stereocenters. The van der Waals surface area contributed by atoms with Gasteiger partial charge in [-0.25, -0.2) is 0 Å². The molecule has 1 aliphatic rings. The fourth-order valence-corrected chi connectivity index (χ4v) is 2.72. The number of hydrogen-bond acceptors (Lipinski definition) is 3. The van der Waals surface area contributed by atoms with Crippen LogP contribution in [-0.2, 0) is 0 Å². The second kappa shape index (κ2) is 7.25. The molecule has 0 spiro atoms. The third kappa shape index (κ3) is 4.40. The van der Waals surface area contributed by atoms with E-state index < -0.39 is 0 Å². The summed E-state index contributed by atoms with van der Waals surface area (Å²) in [6.45, 7) is 10.3. The van der Waals surface area contributed by atoms with Crippen LogP contribution in [0.2, 0.25) is 0 Å². The third-order valence-corrected chi connectivity index (χ3v) is 3.71. The second-order valence-electron chi connectivity index (χ2n) is 5.35. The van der Waals surface area contributed by atoms with Gasteiger partial charge in [0.25, 0.3) is 0 Å². The predicted octanol–water partition coefficient (Wildman–Crippen LogP) is 1.39. The SMILES string of the molecule is CCCC(CN)CN1CCCN(C)CC1C. The molecule has 1 rings (SSSR count). The van der Waals surface area contributed by atoms with Gasteiger partial charge in [-0.15, -0.1) is 0 Å². The molecular weight excluding hydrogens is 198 g/mol. The van der Waals surface area contributed by atoms with Crippen LogP contribution in [0.5, 0.6) is 0 Å². The van der Waals surface area contributed by atoms with Gasteiger partial charge >= 0.3 is 0 Å². The Labute approximate surface area is 101 Å². The maximum atomic E-state index is 5.85. The van der Waals surface area contributed by atoms with Crippen molar-refractivity contribution in [2.45, 2.75) is 39.2 Å². The van der Waals surface area contributed by atoms with E-state index in [2.05, 4.69) is 30.7 Å². The summed E-state index contributed by atoms with van der Waals surface area (Å²) in [6.07, 6.45) is 3.82. The standard InChI is InChI=1S/C13H29N3/c1-4-6-13(9-14)11-16-8-5-7-15(3)10-12(16)2/h12-13H,4-11,14H2,1-3H3. The molecule has 2 N–H and O–H groups in total. The lowest BCUT2D eigenvalue weighted by Crippen LogP contribution is -2.42. The van der Waals surface area contributed by atoms with Crippen molar-refractivity contribution in [1.29, 1.82) is 0 Å². The van der Waals surface area contributed by atoms with Crippen molar-refractivity contribution in [3.63, 3.8) is 0 Å². The molecule has 0 aliphatic carbocycles. The number of likely N-dealkylation sites (N-methyl/N-ethyl adjacent to an activating group) is 1. The molecule has 0 aromatic rings. The zero-order valence-corrected chi connectivity index (χ0v) is 11.3. The lowest BCUT2D eigenvalue weighted by atomic mass is 10.0. The highest BCUT2D eigenvalue weighted by Crippen LogP contribution is 2.13. The molecule has 1 fully saturated rings. The van der Waals surface area contributed by atoms with Gasteiger partial charge in [-0.05, 0) is 52.4 Å². The van der Waals surface area contributed by atoms with Gasteiger partial charge < -0.3 is 10.6 Å². The largest absolute Gasteiger partial charge is 0.330 e. The zero-order chi connectivity index (χ0) is 12.0. The Balaban J connectivity index is 2.44. The van der Waals surface area contributed by atoms with E-state index in [4.69, 9.17) is 5.73 Å². The topological polar surface area (TPSA) is 32.5 Å². The van der Waals surface area contributed by atoms with Crippen molar-refractivity contribution in [3.05, 3.63) is 0 Å². The van der Waals surface area contributed by atoms with Crippen LogP contribution >= 0.6 is 0 Å². The highest BCUT2D eigenvalue weighted by molar-refractivity contribution is 4.77. The normalized spacial score (nSPS) is 26.6. The number of rotatable bonds is 5. The fraction of sp³-hybridized carbons (Fsp3) is 1.00. The zero-order valence-electron chi connectivity index (χ0n) is 11.3. The summed E-state index contributed by atoms with van der Waals surface area (Å²) < 4.78 is 0. The van der Waals surface area contributed by atoms with Crippen LogP contribution in [0.1, 0.15) is 33.1 Å². The Hall–Kier alpha value is -0.120. The van der Waals surface area contributed by atoms with Gasteiger partial charge in [0.2, 0.25) is 0 Å². The molecule has 1 saturated heterocycles. The van der Waals surface area contributed by atoms with Gasteiger partial charge in [-0.2, -0.15) is 0 Å². The predicted molar refractivity (Wildman–Crippen MR) is 70.6 cm³/mol. The minimum absolute atomic E-state index is 0.679. The highest BCUT2D eigenvalue weighted by atomic mass is 15.2. The molecule has 3 nitrogen and oxygen atoms in total. The van der Waals surface area contributed by atoms with Crippen molar-refractivity contribution in [2.75, 3.05) is 39.8 Å². The van der Waals surface area contributed by atoms with Crippen LogP contribution in [0, 0.1) is 5.92 Å². The van der Waals surface area contributed by atoms with Gasteiger partial charge in [-0.3, -0.25) is 4.90 Å². The molecule has 0 aromatic heterocycles. The number of nitrogens with zero attached hydrogens (tertiary/aromatic N) is 2. The van der Waals surface area contributed by atoms with E-state index in [-0.39, 0.29) is 0 Å². The van der Waals surface area contributed by atoms with E-state index in [0.29, 0.717) is 12.0 Å². The van der Waals surface area contributed by atoms with E-state index in [1.807, 2.05) is 0 Å². The summed E-state index contributed by atoms with van der Waals surface area (Å²) in [5.74, 6) is 0.691. The van der Waals surface area contributed by atoms with Crippen LogP contribution in [0.25, 0.3) is 0 Å². The van der Waals surface area contributed by atoms with Crippen molar-refractivity contribution < 1.29 is 0 Å². The maximum Gasteiger partial charge on any atom is 0.0194 e. The maximum absolute atomic E-state index is 5.85. The van der Waals surface area contributed by atoms with Crippen molar-refractivity contribution >= 4 is 0 Å². The van der Waals surface area contributed by atoms with E-state index in [9.17, 15) is 0 Å². The van der Waals surface area contributed by atoms with Crippen molar-refractivity contribution in [2.24, 2.45) is 11.7 Å². The number of nitrogens with two attached hydrogens (primary N) is 1. The Morgan fingerprint density at radius 1 is 1.38 bits per heavy atom. The molecule has 0 amide bonds. The molecule has 2 unspecified atom stereocenters. The van der Waals surface area contributed by atoms with Gasteiger partial charge in [0.05, 0.1) is 0 Å². The Morgan fingerprint density at radius 3 is 2.75 bits per heavy atom. The first-order valence-electron chi connectivity index (χ1n) is 6.80. The summed E-state index contributed by atoms with van der Waals surface area (Å²) in [7, 11) is 2.23. The summed E-state index contributed by atoms with van der Waals surface area (Å²) in [4.78, 5) is 5.08. The monoisotopic (exact) mass is 227 g/mol. The second-order valence-corrected chi connectivity index (χ2v) is 5.35. The smallest absolute Gasteiger partial charge is 0.0194 e. The quantitative estimate of drug-likeness (QED) is 0.770. The van der Waals surface area contributed by atoms with Crippen LogP contribution in [-0.4, -0.2) is 55.6 Å². The molecule has 1 aliphatic heterocycles. The summed E-state index contributed by atoms with van der Waals surface area (Å²) >= 11 is 0. The minimum Gasteiger partial charge on any atom is -0.330 e.